The van der Waals surface area contributed by atoms with Crippen molar-refractivity contribution in [1.82, 2.24) is 19.9 Å². The molecule has 0 unspecified atom stereocenters. The van der Waals surface area contributed by atoms with Gasteiger partial charge in [0, 0.05) is 38.6 Å². The zero-order valence-electron chi connectivity index (χ0n) is 15.0. The highest BCUT2D eigenvalue weighted by atomic mass is 32.2. The van der Waals surface area contributed by atoms with E-state index in [4.69, 9.17) is 4.74 Å². The van der Waals surface area contributed by atoms with Crippen LogP contribution < -0.4 is 10.6 Å². The standard InChI is InChI=1S/C17H28N4O4S/c22-17(20-15-16-6-5-7-18-14-16)19-8-3-1-2-4-13-26(23,24)21-9-11-25-12-10-21/h5-7,14H,1-4,8-13,15H2,(H2,19,20,22). The Balaban J connectivity index is 1.48. The SMILES string of the molecule is O=C(NCCCCCCS(=O)(=O)N1CCOCC1)NCc1cccnc1. The molecule has 2 amide bonds. The Bertz CT molecular complexity index is 633. The number of carbonyl (C=O) groups excluding carboxylic acids is 1. The minimum Gasteiger partial charge on any atom is -0.379 e. The average Bonchev–Trinajstić information content (AvgIpc) is 2.67. The number of rotatable bonds is 10. The van der Waals surface area contributed by atoms with E-state index in [0.717, 1.165) is 24.8 Å². The lowest BCUT2D eigenvalue weighted by Crippen LogP contribution is -2.41. The third-order valence-corrected chi connectivity index (χ3v) is 6.11. The van der Waals surface area contributed by atoms with Crippen molar-refractivity contribution in [2.75, 3.05) is 38.6 Å². The van der Waals surface area contributed by atoms with Gasteiger partial charge in [0.15, 0.2) is 0 Å². The number of unbranched alkanes of at least 4 members (excludes halogenated alkanes) is 3. The van der Waals surface area contributed by atoms with Gasteiger partial charge >= 0.3 is 6.03 Å². The predicted molar refractivity (Wildman–Crippen MR) is 99.1 cm³/mol. The Labute approximate surface area is 155 Å². The Hall–Kier alpha value is -1.71. The molecule has 0 radical (unpaired) electrons. The molecule has 0 atom stereocenters. The quantitative estimate of drug-likeness (QED) is 0.589. The van der Waals surface area contributed by atoms with Crippen LogP contribution in [0.5, 0.6) is 0 Å². The first-order valence-corrected chi connectivity index (χ1v) is 10.6. The van der Waals surface area contributed by atoms with Crippen LogP contribution in [-0.2, 0) is 21.3 Å². The van der Waals surface area contributed by atoms with E-state index in [1.54, 1.807) is 12.4 Å². The number of sulfonamides is 1. The molecule has 1 aromatic heterocycles. The van der Waals surface area contributed by atoms with Gasteiger partial charge in [0.2, 0.25) is 10.0 Å². The van der Waals surface area contributed by atoms with Crippen LogP contribution >= 0.6 is 0 Å². The van der Waals surface area contributed by atoms with Crippen molar-refractivity contribution in [3.05, 3.63) is 30.1 Å². The Morgan fingerprint density at radius 1 is 1.15 bits per heavy atom. The van der Waals surface area contributed by atoms with Crippen molar-refractivity contribution in [3.8, 4) is 0 Å². The van der Waals surface area contributed by atoms with Crippen LogP contribution in [0.3, 0.4) is 0 Å². The van der Waals surface area contributed by atoms with E-state index in [2.05, 4.69) is 15.6 Å². The van der Waals surface area contributed by atoms with E-state index < -0.39 is 10.0 Å². The fourth-order valence-electron chi connectivity index (χ4n) is 2.67. The van der Waals surface area contributed by atoms with E-state index in [-0.39, 0.29) is 11.8 Å². The highest BCUT2D eigenvalue weighted by Gasteiger charge is 2.23. The Kier molecular flexibility index (Phi) is 8.79. The van der Waals surface area contributed by atoms with Crippen molar-refractivity contribution >= 4 is 16.1 Å². The zero-order valence-corrected chi connectivity index (χ0v) is 15.8. The number of hydrogen-bond acceptors (Lipinski definition) is 5. The number of nitrogens with one attached hydrogen (secondary N) is 2. The molecular weight excluding hydrogens is 356 g/mol. The molecule has 26 heavy (non-hydrogen) atoms. The molecule has 0 saturated carbocycles. The second-order valence-corrected chi connectivity index (χ2v) is 8.30. The lowest BCUT2D eigenvalue weighted by Gasteiger charge is -2.25. The molecule has 0 bridgehead atoms. The molecule has 0 aromatic carbocycles. The summed E-state index contributed by atoms with van der Waals surface area (Å²) in [5.41, 5.74) is 0.948. The number of carbonyl (C=O) groups is 1. The normalized spacial score (nSPS) is 15.5. The van der Waals surface area contributed by atoms with Crippen LogP contribution in [0, 0.1) is 0 Å². The van der Waals surface area contributed by atoms with Crippen LogP contribution in [0.2, 0.25) is 0 Å². The molecule has 1 aliphatic heterocycles. The third-order valence-electron chi connectivity index (χ3n) is 4.15. The summed E-state index contributed by atoms with van der Waals surface area (Å²) in [6.45, 7) is 2.90. The molecule has 1 saturated heterocycles. The molecular formula is C17H28N4O4S. The van der Waals surface area contributed by atoms with Crippen LogP contribution in [0.1, 0.15) is 31.2 Å². The topological polar surface area (TPSA) is 101 Å². The second-order valence-electron chi connectivity index (χ2n) is 6.21. The van der Waals surface area contributed by atoms with Gasteiger partial charge in [-0.2, -0.15) is 4.31 Å². The summed E-state index contributed by atoms with van der Waals surface area (Å²) in [6.07, 6.45) is 6.61. The molecule has 1 fully saturated rings. The first-order chi connectivity index (χ1) is 12.6. The summed E-state index contributed by atoms with van der Waals surface area (Å²) < 4.78 is 31.0. The summed E-state index contributed by atoms with van der Waals surface area (Å²) in [7, 11) is -3.15. The number of amides is 2. The lowest BCUT2D eigenvalue weighted by molar-refractivity contribution is 0.0730. The average molecular weight is 385 g/mol. The van der Waals surface area contributed by atoms with Crippen molar-refractivity contribution in [3.63, 3.8) is 0 Å². The van der Waals surface area contributed by atoms with Gasteiger partial charge in [-0.1, -0.05) is 18.9 Å². The van der Waals surface area contributed by atoms with Gasteiger partial charge in [-0.25, -0.2) is 13.2 Å². The van der Waals surface area contributed by atoms with E-state index in [1.807, 2.05) is 12.1 Å². The fourth-order valence-corrected chi connectivity index (χ4v) is 4.20. The highest BCUT2D eigenvalue weighted by Crippen LogP contribution is 2.09. The number of morpholine rings is 1. The van der Waals surface area contributed by atoms with Gasteiger partial charge in [0.1, 0.15) is 0 Å². The summed E-state index contributed by atoms with van der Waals surface area (Å²) in [4.78, 5) is 15.7. The molecule has 8 nitrogen and oxygen atoms in total. The lowest BCUT2D eigenvalue weighted by atomic mass is 10.2. The molecule has 0 aliphatic carbocycles. The van der Waals surface area contributed by atoms with E-state index in [0.29, 0.717) is 45.8 Å². The molecule has 9 heteroatoms. The Morgan fingerprint density at radius 2 is 1.92 bits per heavy atom. The minimum absolute atomic E-state index is 0.187. The summed E-state index contributed by atoms with van der Waals surface area (Å²) >= 11 is 0. The van der Waals surface area contributed by atoms with Gasteiger partial charge in [0.05, 0.1) is 19.0 Å². The smallest absolute Gasteiger partial charge is 0.315 e. The maximum absolute atomic E-state index is 12.2. The molecule has 2 heterocycles. The van der Waals surface area contributed by atoms with Crippen molar-refractivity contribution < 1.29 is 17.9 Å². The van der Waals surface area contributed by atoms with Crippen molar-refractivity contribution in [2.24, 2.45) is 0 Å². The van der Waals surface area contributed by atoms with Gasteiger partial charge in [-0.3, -0.25) is 4.98 Å². The first kappa shape index (κ1) is 20.6. The van der Waals surface area contributed by atoms with Gasteiger partial charge < -0.3 is 15.4 Å². The fraction of sp³-hybridized carbons (Fsp3) is 0.647. The predicted octanol–water partition coefficient (Wildman–Crippen LogP) is 1.10. The maximum atomic E-state index is 12.2. The summed E-state index contributed by atoms with van der Waals surface area (Å²) in [5, 5.41) is 5.57. The van der Waals surface area contributed by atoms with Crippen LogP contribution in [0.15, 0.2) is 24.5 Å². The molecule has 0 spiro atoms. The Morgan fingerprint density at radius 3 is 2.65 bits per heavy atom. The first-order valence-electron chi connectivity index (χ1n) is 9.04. The van der Waals surface area contributed by atoms with E-state index in [1.165, 1.54) is 4.31 Å². The van der Waals surface area contributed by atoms with Crippen LogP contribution in [-0.4, -0.2) is 62.3 Å². The maximum Gasteiger partial charge on any atom is 0.315 e. The second kappa shape index (κ2) is 11.1. The van der Waals surface area contributed by atoms with Crippen molar-refractivity contribution in [2.45, 2.75) is 32.2 Å². The number of hydrogen-bond donors (Lipinski definition) is 2. The largest absolute Gasteiger partial charge is 0.379 e. The van der Waals surface area contributed by atoms with E-state index >= 15 is 0 Å². The molecule has 1 aliphatic rings. The molecule has 2 N–H and O–H groups in total. The van der Waals surface area contributed by atoms with E-state index in [9.17, 15) is 13.2 Å². The molecule has 2 rings (SSSR count). The number of nitrogens with zero attached hydrogens (tertiary/aromatic N) is 2. The zero-order chi connectivity index (χ0) is 18.7. The number of pyridine rings is 1. The monoisotopic (exact) mass is 384 g/mol. The number of urea groups is 1. The summed E-state index contributed by atoms with van der Waals surface area (Å²) in [5.74, 6) is 0.187. The summed E-state index contributed by atoms with van der Waals surface area (Å²) in [6, 6.07) is 3.52. The van der Waals surface area contributed by atoms with Crippen molar-refractivity contribution in [1.29, 1.82) is 0 Å². The highest BCUT2D eigenvalue weighted by molar-refractivity contribution is 7.89. The number of ether oxygens (including phenoxy) is 1. The number of aromatic nitrogens is 1. The van der Waals surface area contributed by atoms with Crippen LogP contribution in [0.4, 0.5) is 4.79 Å². The third kappa shape index (κ3) is 7.67. The van der Waals surface area contributed by atoms with Gasteiger partial charge in [0.25, 0.3) is 0 Å². The van der Waals surface area contributed by atoms with Crippen LogP contribution in [0.25, 0.3) is 0 Å². The molecule has 1 aromatic rings. The van der Waals surface area contributed by atoms with Gasteiger partial charge in [-0.05, 0) is 24.5 Å². The minimum atomic E-state index is -3.15. The van der Waals surface area contributed by atoms with Gasteiger partial charge in [-0.15, -0.1) is 0 Å². The molecule has 146 valence electrons.